The average Bonchev–Trinajstić information content (AvgIpc) is 2.26. The lowest BCUT2D eigenvalue weighted by Gasteiger charge is -2.15. The Bertz CT molecular complexity index is 538. The molecule has 0 fully saturated rings. The summed E-state index contributed by atoms with van der Waals surface area (Å²) in [5.41, 5.74) is -5.47. The van der Waals surface area contributed by atoms with Gasteiger partial charge in [-0.2, -0.15) is 30.4 Å². The minimum Gasteiger partial charge on any atom is -0.435 e. The number of hydrogen-bond acceptors (Lipinski definition) is 4. The second kappa shape index (κ2) is 5.92. The van der Waals surface area contributed by atoms with Crippen LogP contribution in [0.25, 0.3) is 0 Å². The summed E-state index contributed by atoms with van der Waals surface area (Å²) in [6, 6.07) is 4.35. The highest BCUT2D eigenvalue weighted by Gasteiger charge is 2.48. The minimum atomic E-state index is -5.73. The first-order valence-electron chi connectivity index (χ1n) is 5.07. The van der Waals surface area contributed by atoms with Crippen molar-refractivity contribution >= 4 is 10.1 Å². The summed E-state index contributed by atoms with van der Waals surface area (Å²) in [6.07, 6.45) is -1.43. The van der Waals surface area contributed by atoms with Gasteiger partial charge in [-0.3, -0.25) is 4.18 Å². The third kappa shape index (κ3) is 4.30. The van der Waals surface area contributed by atoms with Crippen molar-refractivity contribution in [1.82, 2.24) is 0 Å². The van der Waals surface area contributed by atoms with Crippen LogP contribution in [-0.4, -0.2) is 20.5 Å². The molecule has 0 spiro atoms. The number of alkyl halides is 5. The summed E-state index contributed by atoms with van der Waals surface area (Å²) in [6.45, 7) is -1.97. The molecule has 1 atom stereocenters. The SMILES string of the molecule is CC(OS(=O)(=O)C(F)(F)F)c1ccc(OC(F)F)cc1. The van der Waals surface area contributed by atoms with Gasteiger partial charge in [0.05, 0.1) is 6.10 Å². The van der Waals surface area contributed by atoms with E-state index >= 15 is 0 Å². The molecule has 20 heavy (non-hydrogen) atoms. The molecule has 1 aromatic rings. The summed E-state index contributed by atoms with van der Waals surface area (Å²) >= 11 is 0. The van der Waals surface area contributed by atoms with Crippen LogP contribution < -0.4 is 4.74 Å². The predicted octanol–water partition coefficient (Wildman–Crippen LogP) is 3.22. The van der Waals surface area contributed by atoms with Crippen molar-refractivity contribution in [2.24, 2.45) is 0 Å². The zero-order chi connectivity index (χ0) is 15.6. The van der Waals surface area contributed by atoms with Gasteiger partial charge in [0.1, 0.15) is 5.75 Å². The maximum Gasteiger partial charge on any atom is 0.523 e. The number of hydrogen-bond donors (Lipinski definition) is 0. The van der Waals surface area contributed by atoms with E-state index in [9.17, 15) is 30.4 Å². The van der Waals surface area contributed by atoms with Gasteiger partial charge in [0.15, 0.2) is 0 Å². The summed E-state index contributed by atoms with van der Waals surface area (Å²) in [4.78, 5) is 0. The highest BCUT2D eigenvalue weighted by Crippen LogP contribution is 2.30. The van der Waals surface area contributed by atoms with E-state index in [0.717, 1.165) is 31.2 Å². The molecular formula is C10H9F5O4S. The smallest absolute Gasteiger partial charge is 0.435 e. The number of rotatable bonds is 5. The molecule has 0 saturated heterocycles. The Morgan fingerprint density at radius 3 is 2.00 bits per heavy atom. The molecule has 1 unspecified atom stereocenters. The third-order valence-electron chi connectivity index (χ3n) is 2.13. The Hall–Kier alpha value is -1.42. The number of ether oxygens (including phenoxy) is 1. The molecule has 114 valence electrons. The van der Waals surface area contributed by atoms with Crippen LogP contribution in [0.3, 0.4) is 0 Å². The third-order valence-corrected chi connectivity index (χ3v) is 3.24. The second-order valence-electron chi connectivity index (χ2n) is 3.59. The highest BCUT2D eigenvalue weighted by molar-refractivity contribution is 7.87. The lowest BCUT2D eigenvalue weighted by molar-refractivity contribution is -0.0570. The van der Waals surface area contributed by atoms with Crippen LogP contribution in [-0.2, 0) is 14.3 Å². The molecule has 4 nitrogen and oxygen atoms in total. The molecule has 0 aliphatic rings. The van der Waals surface area contributed by atoms with E-state index in [2.05, 4.69) is 8.92 Å². The summed E-state index contributed by atoms with van der Waals surface area (Å²) in [5.74, 6) is -0.213. The van der Waals surface area contributed by atoms with E-state index in [-0.39, 0.29) is 11.3 Å². The van der Waals surface area contributed by atoms with Crippen molar-refractivity contribution in [2.45, 2.75) is 25.1 Å². The molecule has 10 heteroatoms. The standard InChI is InChI=1S/C10H9F5O4S/c1-6(19-20(16,17)10(13,14)15)7-2-4-8(5-3-7)18-9(11)12/h2-6,9H,1H3. The number of benzene rings is 1. The maximum atomic E-state index is 12.1. The Kier molecular flexibility index (Phi) is 4.92. The molecule has 0 heterocycles. The van der Waals surface area contributed by atoms with Gasteiger partial charge < -0.3 is 4.74 Å². The average molecular weight is 320 g/mol. The first-order valence-corrected chi connectivity index (χ1v) is 6.48. The fraction of sp³-hybridized carbons (Fsp3) is 0.400. The van der Waals surface area contributed by atoms with Gasteiger partial charge in [0.2, 0.25) is 0 Å². The Morgan fingerprint density at radius 2 is 1.60 bits per heavy atom. The van der Waals surface area contributed by atoms with E-state index in [0.29, 0.717) is 0 Å². The van der Waals surface area contributed by atoms with Crippen molar-refractivity contribution in [2.75, 3.05) is 0 Å². The zero-order valence-electron chi connectivity index (χ0n) is 9.90. The monoisotopic (exact) mass is 320 g/mol. The molecule has 1 rings (SSSR count). The summed E-state index contributed by atoms with van der Waals surface area (Å²) in [5, 5.41) is 0. The van der Waals surface area contributed by atoms with Gasteiger partial charge in [-0.05, 0) is 24.6 Å². The van der Waals surface area contributed by atoms with Crippen molar-refractivity contribution in [3.63, 3.8) is 0 Å². The fourth-order valence-electron chi connectivity index (χ4n) is 1.22. The first kappa shape index (κ1) is 16.6. The molecule has 0 aliphatic carbocycles. The predicted molar refractivity (Wildman–Crippen MR) is 57.5 cm³/mol. The molecule has 1 aromatic carbocycles. The van der Waals surface area contributed by atoms with E-state index in [1.165, 1.54) is 0 Å². The Morgan fingerprint density at radius 1 is 1.10 bits per heavy atom. The van der Waals surface area contributed by atoms with Gasteiger partial charge >= 0.3 is 22.2 Å². The van der Waals surface area contributed by atoms with Crippen LogP contribution in [0.2, 0.25) is 0 Å². The molecule has 0 radical (unpaired) electrons. The van der Waals surface area contributed by atoms with Gasteiger partial charge in [0.25, 0.3) is 0 Å². The van der Waals surface area contributed by atoms with E-state index in [1.807, 2.05) is 0 Å². The first-order chi connectivity index (χ1) is 9.03. The lowest BCUT2D eigenvalue weighted by atomic mass is 10.1. The van der Waals surface area contributed by atoms with Crippen molar-refractivity contribution in [3.8, 4) is 5.75 Å². The quantitative estimate of drug-likeness (QED) is 0.475. The topological polar surface area (TPSA) is 52.6 Å². The van der Waals surface area contributed by atoms with Gasteiger partial charge in [0, 0.05) is 0 Å². The normalized spacial score (nSPS) is 14.3. The summed E-state index contributed by atoms with van der Waals surface area (Å²) < 4.78 is 89.6. The van der Waals surface area contributed by atoms with Crippen molar-refractivity contribution in [1.29, 1.82) is 0 Å². The highest BCUT2D eigenvalue weighted by atomic mass is 32.2. The van der Waals surface area contributed by atoms with E-state index in [4.69, 9.17) is 0 Å². The number of halogens is 5. The van der Waals surface area contributed by atoms with Crippen molar-refractivity contribution < 1.29 is 39.3 Å². The second-order valence-corrected chi connectivity index (χ2v) is 5.15. The van der Waals surface area contributed by atoms with E-state index in [1.54, 1.807) is 0 Å². The largest absolute Gasteiger partial charge is 0.523 e. The van der Waals surface area contributed by atoms with Crippen molar-refractivity contribution in [3.05, 3.63) is 29.8 Å². The minimum absolute atomic E-state index is 0.0550. The van der Waals surface area contributed by atoms with Crippen LogP contribution in [0.5, 0.6) is 5.75 Å². The summed E-state index contributed by atoms with van der Waals surface area (Å²) in [7, 11) is -5.73. The lowest BCUT2D eigenvalue weighted by Crippen LogP contribution is -2.26. The van der Waals surface area contributed by atoms with E-state index < -0.39 is 28.3 Å². The molecule has 0 aliphatic heterocycles. The molecule has 0 saturated carbocycles. The molecule has 0 bridgehead atoms. The van der Waals surface area contributed by atoms with Gasteiger partial charge in [-0.15, -0.1) is 0 Å². The van der Waals surface area contributed by atoms with Crippen LogP contribution in [0.1, 0.15) is 18.6 Å². The Labute approximate surface area is 111 Å². The molecule has 0 N–H and O–H groups in total. The molecule has 0 aromatic heterocycles. The molecular weight excluding hydrogens is 311 g/mol. The zero-order valence-corrected chi connectivity index (χ0v) is 10.7. The fourth-order valence-corrected chi connectivity index (χ4v) is 1.82. The van der Waals surface area contributed by atoms with Gasteiger partial charge in [-0.1, -0.05) is 12.1 Å². The molecule has 0 amide bonds. The van der Waals surface area contributed by atoms with Gasteiger partial charge in [-0.25, -0.2) is 0 Å². The maximum absolute atomic E-state index is 12.1. The Balaban J connectivity index is 2.81. The van der Waals surface area contributed by atoms with Crippen LogP contribution in [0.4, 0.5) is 22.0 Å². The van der Waals surface area contributed by atoms with Crippen LogP contribution in [0, 0.1) is 0 Å². The van der Waals surface area contributed by atoms with Crippen LogP contribution >= 0.6 is 0 Å². The van der Waals surface area contributed by atoms with Crippen LogP contribution in [0.15, 0.2) is 24.3 Å².